The third kappa shape index (κ3) is 11.1. The number of halogens is 1. The zero-order chi connectivity index (χ0) is 27.1. The monoisotopic (exact) mass is 553 g/mol. The Morgan fingerprint density at radius 3 is 2.34 bits per heavy atom. The summed E-state index contributed by atoms with van der Waals surface area (Å²) >= 11 is 0. The van der Waals surface area contributed by atoms with E-state index in [0.29, 0.717) is 65.0 Å². The molecule has 0 bridgehead atoms. The Bertz CT molecular complexity index is 992. The number of para-hydroxylation sites is 1. The summed E-state index contributed by atoms with van der Waals surface area (Å²) in [4.78, 5) is 26.3. The minimum absolute atomic E-state index is 0. The average molecular weight is 554 g/mol. The number of nitrogens with one attached hydrogen (secondary N) is 2. The van der Waals surface area contributed by atoms with E-state index in [-0.39, 0.29) is 24.2 Å². The zero-order valence-electron chi connectivity index (χ0n) is 22.9. The van der Waals surface area contributed by atoms with Crippen LogP contribution in [0.1, 0.15) is 44.1 Å². The molecule has 0 fully saturated rings. The summed E-state index contributed by atoms with van der Waals surface area (Å²) in [5.74, 6) is -0.648. The standard InChI is InChI=1S/C27H43N5O5.ClH/c1-5-6-9-14-32-22-11-8-7-10-21(22)23(31-32)25(33)30-24(27(2,3)4)26(34)29-13-16-36-18-20-37-19-17-35-15-12-28;/h5,7-8,10-11,24H,1,6,9,12-20,28H2,2-4H3,(H,29,34)(H,30,33);1H/t24-;/m1./s1. The van der Waals surface area contributed by atoms with Gasteiger partial charge < -0.3 is 30.6 Å². The molecular weight excluding hydrogens is 510 g/mol. The Morgan fingerprint density at radius 1 is 1.08 bits per heavy atom. The normalized spacial score (nSPS) is 12.1. The van der Waals surface area contributed by atoms with Gasteiger partial charge in [-0.25, -0.2) is 0 Å². The van der Waals surface area contributed by atoms with E-state index in [0.717, 1.165) is 23.7 Å². The predicted molar refractivity (Wildman–Crippen MR) is 152 cm³/mol. The van der Waals surface area contributed by atoms with Crippen molar-refractivity contribution < 1.29 is 23.8 Å². The van der Waals surface area contributed by atoms with Gasteiger partial charge in [0, 0.05) is 25.0 Å². The van der Waals surface area contributed by atoms with Crippen molar-refractivity contribution in [3.8, 4) is 0 Å². The molecule has 2 amide bonds. The van der Waals surface area contributed by atoms with E-state index in [1.54, 1.807) is 0 Å². The second kappa shape index (κ2) is 17.9. The summed E-state index contributed by atoms with van der Waals surface area (Å²) in [6.45, 7) is 13.7. The van der Waals surface area contributed by atoms with Gasteiger partial charge in [0.15, 0.2) is 5.69 Å². The largest absolute Gasteiger partial charge is 0.378 e. The lowest BCUT2D eigenvalue weighted by Crippen LogP contribution is -2.54. The van der Waals surface area contributed by atoms with E-state index in [1.807, 2.05) is 55.8 Å². The van der Waals surface area contributed by atoms with Gasteiger partial charge in [0.1, 0.15) is 6.04 Å². The van der Waals surface area contributed by atoms with Crippen LogP contribution in [0.4, 0.5) is 0 Å². The Balaban J connectivity index is 0.00000722. The van der Waals surface area contributed by atoms with E-state index in [2.05, 4.69) is 22.3 Å². The number of carbonyl (C=O) groups is 2. The van der Waals surface area contributed by atoms with Crippen LogP contribution in [0.2, 0.25) is 0 Å². The Kier molecular flexibility index (Phi) is 15.8. The van der Waals surface area contributed by atoms with Gasteiger partial charge >= 0.3 is 0 Å². The molecule has 214 valence electrons. The molecule has 0 aliphatic rings. The summed E-state index contributed by atoms with van der Waals surface area (Å²) in [5.41, 5.74) is 6.04. The fourth-order valence-electron chi connectivity index (χ4n) is 3.70. The first-order valence-corrected chi connectivity index (χ1v) is 12.9. The molecular formula is C27H44ClN5O5. The zero-order valence-corrected chi connectivity index (χ0v) is 23.7. The molecule has 11 heteroatoms. The number of rotatable bonds is 18. The van der Waals surface area contributed by atoms with E-state index in [9.17, 15) is 9.59 Å². The molecule has 0 spiro atoms. The fraction of sp³-hybridized carbons (Fsp3) is 0.593. The van der Waals surface area contributed by atoms with Crippen LogP contribution in [-0.2, 0) is 25.5 Å². The van der Waals surface area contributed by atoms with Crippen molar-refractivity contribution in [1.82, 2.24) is 20.4 Å². The van der Waals surface area contributed by atoms with Gasteiger partial charge in [0.2, 0.25) is 5.91 Å². The summed E-state index contributed by atoms with van der Waals surface area (Å²) in [5, 5.41) is 11.1. The number of unbranched alkanes of at least 4 members (excludes halogenated alkanes) is 1. The van der Waals surface area contributed by atoms with Crippen LogP contribution >= 0.6 is 12.4 Å². The third-order valence-corrected chi connectivity index (χ3v) is 5.61. The molecule has 1 aromatic heterocycles. The number of amides is 2. The van der Waals surface area contributed by atoms with Gasteiger partial charge in [-0.3, -0.25) is 14.3 Å². The van der Waals surface area contributed by atoms with Crippen LogP contribution < -0.4 is 16.4 Å². The van der Waals surface area contributed by atoms with E-state index in [1.165, 1.54) is 0 Å². The number of aromatic nitrogens is 2. The smallest absolute Gasteiger partial charge is 0.273 e. The summed E-state index contributed by atoms with van der Waals surface area (Å²) in [6.07, 6.45) is 3.61. The number of nitrogens with zero attached hydrogens (tertiary/aromatic N) is 2. The fourth-order valence-corrected chi connectivity index (χ4v) is 3.70. The molecule has 38 heavy (non-hydrogen) atoms. The quantitative estimate of drug-likeness (QED) is 0.191. The second-order valence-electron chi connectivity index (χ2n) is 9.71. The molecule has 10 nitrogen and oxygen atoms in total. The SMILES string of the molecule is C=CCCCn1nc(C(=O)N[C@H](C(=O)NCCOCCOCCOCCN)C(C)(C)C)c2ccccc21.Cl. The number of fused-ring (bicyclic) bond motifs is 1. The molecule has 0 unspecified atom stereocenters. The molecule has 0 aliphatic heterocycles. The van der Waals surface area contributed by atoms with Crippen LogP contribution in [0.3, 0.4) is 0 Å². The topological polar surface area (TPSA) is 130 Å². The second-order valence-corrected chi connectivity index (χ2v) is 9.71. The molecule has 2 rings (SSSR count). The molecule has 0 aliphatic carbocycles. The molecule has 0 saturated carbocycles. The van der Waals surface area contributed by atoms with Crippen molar-refractivity contribution in [2.24, 2.45) is 11.1 Å². The molecule has 2 aromatic rings. The van der Waals surface area contributed by atoms with Gasteiger partial charge in [-0.05, 0) is 24.3 Å². The maximum Gasteiger partial charge on any atom is 0.273 e. The number of allylic oxidation sites excluding steroid dienone is 1. The van der Waals surface area contributed by atoms with Crippen molar-refractivity contribution in [2.45, 2.75) is 46.2 Å². The molecule has 4 N–H and O–H groups in total. The number of hydrogen-bond acceptors (Lipinski definition) is 7. The highest BCUT2D eigenvalue weighted by atomic mass is 35.5. The van der Waals surface area contributed by atoms with Crippen LogP contribution in [-0.4, -0.2) is 80.4 Å². The number of hydrogen-bond donors (Lipinski definition) is 3. The predicted octanol–water partition coefficient (Wildman–Crippen LogP) is 2.69. The highest BCUT2D eigenvalue weighted by Gasteiger charge is 2.33. The van der Waals surface area contributed by atoms with Crippen LogP contribution in [0, 0.1) is 5.41 Å². The lowest BCUT2D eigenvalue weighted by atomic mass is 9.86. The lowest BCUT2D eigenvalue weighted by Gasteiger charge is -2.30. The molecule has 0 radical (unpaired) electrons. The van der Waals surface area contributed by atoms with Crippen molar-refractivity contribution in [3.05, 3.63) is 42.6 Å². The molecule has 1 aromatic carbocycles. The Hall–Kier alpha value is -2.50. The van der Waals surface area contributed by atoms with Crippen molar-refractivity contribution in [2.75, 3.05) is 52.7 Å². The maximum atomic E-state index is 13.3. The summed E-state index contributed by atoms with van der Waals surface area (Å²) in [7, 11) is 0. The summed E-state index contributed by atoms with van der Waals surface area (Å²) in [6, 6.07) is 6.88. The average Bonchev–Trinajstić information content (AvgIpc) is 3.24. The first-order chi connectivity index (χ1) is 17.8. The minimum atomic E-state index is -0.749. The Morgan fingerprint density at radius 2 is 1.71 bits per heavy atom. The number of aryl methyl sites for hydroxylation is 1. The van der Waals surface area contributed by atoms with E-state index >= 15 is 0 Å². The highest BCUT2D eigenvalue weighted by Crippen LogP contribution is 2.22. The van der Waals surface area contributed by atoms with Crippen LogP contribution in [0.25, 0.3) is 10.9 Å². The maximum absolute atomic E-state index is 13.3. The molecule has 1 atom stereocenters. The van der Waals surface area contributed by atoms with Gasteiger partial charge in [0.05, 0.1) is 45.2 Å². The van der Waals surface area contributed by atoms with Crippen LogP contribution in [0.15, 0.2) is 36.9 Å². The first kappa shape index (κ1) is 33.5. The van der Waals surface area contributed by atoms with Crippen LogP contribution in [0.5, 0.6) is 0 Å². The molecule has 0 saturated heterocycles. The number of carbonyl (C=O) groups excluding carboxylic acids is 2. The molecule has 1 heterocycles. The summed E-state index contributed by atoms with van der Waals surface area (Å²) < 4.78 is 18.0. The van der Waals surface area contributed by atoms with Gasteiger partial charge in [-0.1, -0.05) is 45.0 Å². The van der Waals surface area contributed by atoms with Gasteiger partial charge in [0.25, 0.3) is 5.91 Å². The van der Waals surface area contributed by atoms with E-state index in [4.69, 9.17) is 19.9 Å². The number of nitrogens with two attached hydrogens (primary N) is 1. The first-order valence-electron chi connectivity index (χ1n) is 12.9. The third-order valence-electron chi connectivity index (χ3n) is 5.61. The Labute approximate surface area is 232 Å². The minimum Gasteiger partial charge on any atom is -0.378 e. The van der Waals surface area contributed by atoms with Crippen molar-refractivity contribution in [1.29, 1.82) is 0 Å². The number of ether oxygens (including phenoxy) is 3. The number of benzene rings is 1. The lowest BCUT2D eigenvalue weighted by molar-refractivity contribution is -0.125. The van der Waals surface area contributed by atoms with Crippen molar-refractivity contribution >= 4 is 35.1 Å². The van der Waals surface area contributed by atoms with Gasteiger partial charge in [-0.2, -0.15) is 5.10 Å². The van der Waals surface area contributed by atoms with Gasteiger partial charge in [-0.15, -0.1) is 19.0 Å². The highest BCUT2D eigenvalue weighted by molar-refractivity contribution is 6.06. The van der Waals surface area contributed by atoms with E-state index < -0.39 is 11.5 Å². The van der Waals surface area contributed by atoms with Crippen molar-refractivity contribution in [3.63, 3.8) is 0 Å².